The van der Waals surface area contributed by atoms with E-state index >= 15 is 0 Å². The molecule has 0 bridgehead atoms. The first-order valence-corrected chi connectivity index (χ1v) is 7.95. The Balaban J connectivity index is 0.00000441. The Morgan fingerprint density at radius 2 is 1.91 bits per heavy atom. The predicted molar refractivity (Wildman–Crippen MR) is 105 cm³/mol. The highest BCUT2D eigenvalue weighted by Gasteiger charge is 2.06. The molecular formula is C17H30IN3O. The van der Waals surface area contributed by atoms with Crippen LogP contribution in [0.15, 0.2) is 35.3 Å². The van der Waals surface area contributed by atoms with Gasteiger partial charge in [0.1, 0.15) is 0 Å². The van der Waals surface area contributed by atoms with Crippen LogP contribution in [0, 0.1) is 0 Å². The lowest BCUT2D eigenvalue weighted by Gasteiger charge is -2.18. The van der Waals surface area contributed by atoms with E-state index in [9.17, 15) is 0 Å². The average Bonchev–Trinajstić information content (AvgIpc) is 2.51. The quantitative estimate of drug-likeness (QED) is 0.278. The Labute approximate surface area is 152 Å². The van der Waals surface area contributed by atoms with E-state index < -0.39 is 0 Å². The number of guanidine groups is 1. The molecule has 2 N–H and O–H groups in total. The number of ether oxygens (including phenoxy) is 1. The second-order valence-corrected chi connectivity index (χ2v) is 4.94. The standard InChI is InChI=1S/C17H29N3O.HI/c1-4-18-17(19-13-9-10-14-21-5-2)20-15(3)16-11-7-6-8-12-16;/h6-8,11-12,15H,4-5,9-10,13-14H2,1-3H3,(H2,18,19,20);1H. The summed E-state index contributed by atoms with van der Waals surface area (Å²) in [6, 6.07) is 10.7. The fourth-order valence-electron chi connectivity index (χ4n) is 2.00. The van der Waals surface area contributed by atoms with Gasteiger partial charge in [-0.2, -0.15) is 0 Å². The van der Waals surface area contributed by atoms with Crippen molar-refractivity contribution in [3.63, 3.8) is 0 Å². The summed E-state index contributed by atoms with van der Waals surface area (Å²) < 4.78 is 5.33. The van der Waals surface area contributed by atoms with Gasteiger partial charge in [-0.05, 0) is 39.2 Å². The molecule has 1 aromatic rings. The molecule has 0 saturated carbocycles. The Hall–Kier alpha value is -0.820. The van der Waals surface area contributed by atoms with E-state index in [0.29, 0.717) is 0 Å². The van der Waals surface area contributed by atoms with Gasteiger partial charge in [-0.3, -0.25) is 4.99 Å². The summed E-state index contributed by atoms with van der Waals surface area (Å²) in [5.41, 5.74) is 1.26. The molecule has 0 saturated heterocycles. The molecular weight excluding hydrogens is 389 g/mol. The van der Waals surface area contributed by atoms with E-state index in [1.807, 2.05) is 13.0 Å². The number of halogens is 1. The zero-order chi connectivity index (χ0) is 15.3. The van der Waals surface area contributed by atoms with E-state index in [0.717, 1.165) is 45.1 Å². The molecule has 0 aromatic heterocycles. The molecule has 1 atom stereocenters. The normalized spacial score (nSPS) is 12.4. The van der Waals surface area contributed by atoms with E-state index in [1.54, 1.807) is 0 Å². The van der Waals surface area contributed by atoms with Crippen molar-refractivity contribution in [1.82, 2.24) is 10.6 Å². The molecule has 0 fully saturated rings. The third-order valence-corrected chi connectivity index (χ3v) is 3.17. The molecule has 1 rings (SSSR count). The Bertz CT molecular complexity index is 398. The lowest BCUT2D eigenvalue weighted by Crippen LogP contribution is -2.38. The van der Waals surface area contributed by atoms with Gasteiger partial charge in [0.05, 0.1) is 6.04 Å². The van der Waals surface area contributed by atoms with Crippen molar-refractivity contribution >= 4 is 29.9 Å². The van der Waals surface area contributed by atoms with Crippen LogP contribution in [0.2, 0.25) is 0 Å². The number of benzene rings is 1. The number of rotatable bonds is 9. The summed E-state index contributed by atoms with van der Waals surface area (Å²) in [6.07, 6.45) is 2.11. The number of aliphatic imine (C=N–C) groups is 1. The second kappa shape index (κ2) is 13.8. The highest BCUT2D eigenvalue weighted by Crippen LogP contribution is 2.10. The zero-order valence-corrected chi connectivity index (χ0v) is 16.3. The summed E-state index contributed by atoms with van der Waals surface area (Å²) >= 11 is 0. The van der Waals surface area contributed by atoms with Crippen molar-refractivity contribution in [2.75, 3.05) is 26.3 Å². The second-order valence-electron chi connectivity index (χ2n) is 4.94. The lowest BCUT2D eigenvalue weighted by atomic mass is 10.1. The molecule has 0 aliphatic carbocycles. The minimum Gasteiger partial charge on any atom is -0.382 e. The molecule has 126 valence electrons. The summed E-state index contributed by atoms with van der Waals surface area (Å²) in [6.45, 7) is 9.57. The van der Waals surface area contributed by atoms with Crippen LogP contribution in [0.4, 0.5) is 0 Å². The first-order chi connectivity index (χ1) is 10.3. The van der Waals surface area contributed by atoms with Gasteiger partial charge >= 0.3 is 0 Å². The maximum absolute atomic E-state index is 5.33. The van der Waals surface area contributed by atoms with Gasteiger partial charge in [0, 0.05) is 26.3 Å². The molecule has 1 aromatic carbocycles. The van der Waals surface area contributed by atoms with Gasteiger partial charge in [0.2, 0.25) is 0 Å². The number of nitrogens with one attached hydrogen (secondary N) is 2. The third-order valence-electron chi connectivity index (χ3n) is 3.17. The molecule has 0 aliphatic heterocycles. The Kier molecular flexibility index (Phi) is 13.3. The smallest absolute Gasteiger partial charge is 0.191 e. The van der Waals surface area contributed by atoms with Crippen LogP contribution in [-0.4, -0.2) is 32.3 Å². The molecule has 0 amide bonds. The minimum atomic E-state index is 0. The van der Waals surface area contributed by atoms with Crippen LogP contribution < -0.4 is 10.6 Å². The van der Waals surface area contributed by atoms with Crippen LogP contribution in [0.25, 0.3) is 0 Å². The topological polar surface area (TPSA) is 45.7 Å². The monoisotopic (exact) mass is 419 g/mol. The van der Waals surface area contributed by atoms with Crippen molar-refractivity contribution in [3.8, 4) is 0 Å². The summed E-state index contributed by atoms with van der Waals surface area (Å²) in [7, 11) is 0. The molecule has 22 heavy (non-hydrogen) atoms. The fourth-order valence-corrected chi connectivity index (χ4v) is 2.00. The third kappa shape index (κ3) is 9.25. The molecule has 0 radical (unpaired) electrons. The fraction of sp³-hybridized carbons (Fsp3) is 0.588. The summed E-state index contributed by atoms with van der Waals surface area (Å²) in [4.78, 5) is 4.62. The first-order valence-electron chi connectivity index (χ1n) is 7.95. The van der Waals surface area contributed by atoms with Crippen molar-refractivity contribution in [2.24, 2.45) is 4.99 Å². The van der Waals surface area contributed by atoms with Gasteiger partial charge in [0.25, 0.3) is 0 Å². The SMILES string of the molecule is CCNC(=NCCCCOCC)NC(C)c1ccccc1.I. The van der Waals surface area contributed by atoms with Crippen LogP contribution in [-0.2, 0) is 4.74 Å². The van der Waals surface area contributed by atoms with Crippen LogP contribution in [0.3, 0.4) is 0 Å². The summed E-state index contributed by atoms with van der Waals surface area (Å²) in [5.74, 6) is 0.880. The number of unbranched alkanes of at least 4 members (excludes halogenated alkanes) is 1. The van der Waals surface area contributed by atoms with Gasteiger partial charge < -0.3 is 15.4 Å². The zero-order valence-electron chi connectivity index (χ0n) is 14.0. The van der Waals surface area contributed by atoms with Gasteiger partial charge in [-0.1, -0.05) is 30.3 Å². The molecule has 5 heteroatoms. The largest absolute Gasteiger partial charge is 0.382 e. The molecule has 0 aliphatic rings. The predicted octanol–water partition coefficient (Wildman–Crippen LogP) is 3.74. The Morgan fingerprint density at radius 1 is 1.18 bits per heavy atom. The maximum Gasteiger partial charge on any atom is 0.191 e. The lowest BCUT2D eigenvalue weighted by molar-refractivity contribution is 0.144. The van der Waals surface area contributed by atoms with E-state index in [-0.39, 0.29) is 30.0 Å². The van der Waals surface area contributed by atoms with Crippen LogP contribution in [0.5, 0.6) is 0 Å². The average molecular weight is 419 g/mol. The maximum atomic E-state index is 5.33. The van der Waals surface area contributed by atoms with Crippen molar-refractivity contribution in [1.29, 1.82) is 0 Å². The summed E-state index contributed by atoms with van der Waals surface area (Å²) in [5, 5.41) is 6.74. The molecule has 0 heterocycles. The van der Waals surface area contributed by atoms with Crippen molar-refractivity contribution < 1.29 is 4.74 Å². The minimum absolute atomic E-state index is 0. The van der Waals surface area contributed by atoms with Crippen LogP contribution >= 0.6 is 24.0 Å². The van der Waals surface area contributed by atoms with Gasteiger partial charge in [-0.15, -0.1) is 24.0 Å². The van der Waals surface area contributed by atoms with Gasteiger partial charge in [0.15, 0.2) is 5.96 Å². The van der Waals surface area contributed by atoms with Crippen molar-refractivity contribution in [2.45, 2.75) is 39.7 Å². The number of hydrogen-bond donors (Lipinski definition) is 2. The van der Waals surface area contributed by atoms with E-state index in [2.05, 4.69) is 53.7 Å². The molecule has 0 spiro atoms. The number of nitrogens with zero attached hydrogens (tertiary/aromatic N) is 1. The number of hydrogen-bond acceptors (Lipinski definition) is 2. The Morgan fingerprint density at radius 3 is 2.55 bits per heavy atom. The van der Waals surface area contributed by atoms with Crippen molar-refractivity contribution in [3.05, 3.63) is 35.9 Å². The van der Waals surface area contributed by atoms with E-state index in [4.69, 9.17) is 4.74 Å². The van der Waals surface area contributed by atoms with Gasteiger partial charge in [-0.25, -0.2) is 0 Å². The van der Waals surface area contributed by atoms with Crippen LogP contribution in [0.1, 0.15) is 45.2 Å². The molecule has 1 unspecified atom stereocenters. The molecule has 4 nitrogen and oxygen atoms in total. The highest BCUT2D eigenvalue weighted by atomic mass is 127. The van der Waals surface area contributed by atoms with E-state index in [1.165, 1.54) is 5.56 Å². The highest BCUT2D eigenvalue weighted by molar-refractivity contribution is 14.0. The first kappa shape index (κ1) is 21.2.